The van der Waals surface area contributed by atoms with Gasteiger partial charge in [-0.15, -0.1) is 0 Å². The van der Waals surface area contributed by atoms with E-state index in [0.29, 0.717) is 43.6 Å². The lowest BCUT2D eigenvalue weighted by molar-refractivity contribution is -0.140. The van der Waals surface area contributed by atoms with Gasteiger partial charge in [0.2, 0.25) is 11.8 Å². The van der Waals surface area contributed by atoms with Crippen LogP contribution in [0.5, 0.6) is 0 Å². The van der Waals surface area contributed by atoms with Crippen molar-refractivity contribution in [2.45, 2.75) is 44.2 Å². The fraction of sp³-hybridized carbons (Fsp3) is 0.308. The van der Waals surface area contributed by atoms with Crippen LogP contribution in [-0.4, -0.2) is 55.3 Å². The molecule has 1 aliphatic heterocycles. The van der Waals surface area contributed by atoms with E-state index >= 15 is 0 Å². The minimum absolute atomic E-state index is 0.0636. The molecule has 1 saturated carbocycles. The Morgan fingerprint density at radius 1 is 0.783 bits per heavy atom. The number of nitrogens with zero attached hydrogens (tertiary/aromatic N) is 2. The smallest absolute Gasteiger partial charge is 0.251 e. The van der Waals surface area contributed by atoms with Crippen LogP contribution < -0.4 is 15.5 Å². The third kappa shape index (κ3) is 7.37. The Morgan fingerprint density at radius 3 is 2.26 bits per heavy atom. The molecule has 7 nitrogen and oxygen atoms in total. The lowest BCUT2D eigenvalue weighted by Gasteiger charge is -2.23. The topological polar surface area (TPSA) is 81.8 Å². The summed E-state index contributed by atoms with van der Waals surface area (Å²) in [6, 6.07) is 36.5. The number of hydrogen-bond acceptors (Lipinski definition) is 4. The maximum Gasteiger partial charge on any atom is 0.251 e. The number of benzene rings is 4. The molecule has 0 aromatic heterocycles. The van der Waals surface area contributed by atoms with Crippen molar-refractivity contribution < 1.29 is 14.4 Å². The van der Waals surface area contributed by atoms with E-state index in [9.17, 15) is 14.4 Å². The van der Waals surface area contributed by atoms with Crippen LogP contribution in [0.2, 0.25) is 0 Å². The van der Waals surface area contributed by atoms with Crippen molar-refractivity contribution in [3.8, 4) is 11.1 Å². The zero-order valence-corrected chi connectivity index (χ0v) is 26.4. The van der Waals surface area contributed by atoms with Crippen LogP contribution in [0.3, 0.4) is 0 Å². The number of anilines is 1. The van der Waals surface area contributed by atoms with Gasteiger partial charge in [0, 0.05) is 49.9 Å². The molecule has 236 valence electrons. The Balaban J connectivity index is 1.01. The Labute approximate surface area is 271 Å². The van der Waals surface area contributed by atoms with Crippen molar-refractivity contribution in [2.24, 2.45) is 5.92 Å². The summed E-state index contributed by atoms with van der Waals surface area (Å²) in [5.41, 5.74) is 6.01. The number of nitrogens with one attached hydrogen (secondary N) is 2. The molecule has 1 unspecified atom stereocenters. The predicted octanol–water partition coefficient (Wildman–Crippen LogP) is 6.02. The molecule has 6 rings (SSSR count). The predicted molar refractivity (Wildman–Crippen MR) is 182 cm³/mol. The molecule has 3 amide bonds. The maximum absolute atomic E-state index is 13.8. The minimum atomic E-state index is -0.671. The largest absolute Gasteiger partial charge is 0.355 e. The highest BCUT2D eigenvalue weighted by Crippen LogP contribution is 2.41. The van der Waals surface area contributed by atoms with Crippen LogP contribution >= 0.6 is 0 Å². The Hall–Kier alpha value is -4.75. The van der Waals surface area contributed by atoms with E-state index in [-0.39, 0.29) is 17.7 Å². The highest BCUT2D eigenvalue weighted by molar-refractivity contribution is 6.08. The second-order valence-electron chi connectivity index (χ2n) is 12.3. The number of carbonyl (C=O) groups excluding carboxylic acids is 3. The summed E-state index contributed by atoms with van der Waals surface area (Å²) in [4.78, 5) is 43.2. The normalized spacial score (nSPS) is 19.5. The molecule has 1 heterocycles. The molecule has 1 aliphatic carbocycles. The molecule has 2 fully saturated rings. The lowest BCUT2D eigenvalue weighted by Crippen LogP contribution is -2.39. The standard InChI is InChI=1S/C39H42N4O3/c1-40-37(44)32-14-10-13-31(25-32)29-18-20-30(21-19-29)35-26-36(35)41-22-9-8-17-34-38(45)42(27-28-11-4-2-5-12-28)23-24-43(39(34)46)33-15-6-3-7-16-33/h2-7,10-16,18-21,25,34-36,41H,8-9,17,22-24,26-27H2,1H3,(H,40,44)/t34?,35-,36+/m0/s1. The fourth-order valence-electron chi connectivity index (χ4n) is 6.48. The van der Waals surface area contributed by atoms with Crippen LogP contribution in [0.25, 0.3) is 11.1 Å². The second kappa shape index (κ2) is 14.6. The molecule has 0 spiro atoms. The summed E-state index contributed by atoms with van der Waals surface area (Å²) < 4.78 is 0. The van der Waals surface area contributed by atoms with E-state index in [1.807, 2.05) is 89.8 Å². The molecule has 4 aromatic carbocycles. The van der Waals surface area contributed by atoms with Crippen molar-refractivity contribution >= 4 is 23.4 Å². The van der Waals surface area contributed by atoms with Gasteiger partial charge in [-0.3, -0.25) is 14.4 Å². The van der Waals surface area contributed by atoms with Gasteiger partial charge >= 0.3 is 0 Å². The second-order valence-corrected chi connectivity index (χ2v) is 12.3. The van der Waals surface area contributed by atoms with Gasteiger partial charge < -0.3 is 20.4 Å². The van der Waals surface area contributed by atoms with E-state index in [2.05, 4.69) is 34.9 Å². The van der Waals surface area contributed by atoms with Crippen molar-refractivity contribution in [3.63, 3.8) is 0 Å². The van der Waals surface area contributed by atoms with Crippen LogP contribution in [-0.2, 0) is 16.1 Å². The van der Waals surface area contributed by atoms with Crippen molar-refractivity contribution in [2.75, 3.05) is 31.6 Å². The quantitative estimate of drug-likeness (QED) is 0.151. The van der Waals surface area contributed by atoms with Gasteiger partial charge in [0.1, 0.15) is 5.92 Å². The fourth-order valence-corrected chi connectivity index (χ4v) is 6.48. The zero-order valence-electron chi connectivity index (χ0n) is 26.4. The van der Waals surface area contributed by atoms with E-state index in [0.717, 1.165) is 48.2 Å². The molecule has 7 heteroatoms. The maximum atomic E-state index is 13.8. The van der Waals surface area contributed by atoms with E-state index in [4.69, 9.17) is 0 Å². The van der Waals surface area contributed by atoms with Gasteiger partial charge in [-0.2, -0.15) is 0 Å². The first kappa shape index (κ1) is 31.2. The number of carbonyl (C=O) groups is 3. The number of rotatable bonds is 12. The lowest BCUT2D eigenvalue weighted by atomic mass is 9.98. The number of para-hydroxylation sites is 1. The molecule has 1 saturated heterocycles. The van der Waals surface area contributed by atoms with Gasteiger partial charge in [0.05, 0.1) is 0 Å². The summed E-state index contributed by atoms with van der Waals surface area (Å²) in [6.07, 6.45) is 3.36. The summed E-state index contributed by atoms with van der Waals surface area (Å²) in [7, 11) is 1.64. The van der Waals surface area contributed by atoms with Crippen molar-refractivity contribution in [1.29, 1.82) is 0 Å². The van der Waals surface area contributed by atoms with Gasteiger partial charge in [-0.25, -0.2) is 0 Å². The summed E-state index contributed by atoms with van der Waals surface area (Å²) in [5.74, 6) is -0.424. The third-order valence-corrected chi connectivity index (χ3v) is 9.19. The molecule has 46 heavy (non-hydrogen) atoms. The average Bonchev–Trinajstić information content (AvgIpc) is 3.90. The molecule has 2 aliphatic rings. The Kier molecular flexibility index (Phi) is 9.89. The van der Waals surface area contributed by atoms with Crippen molar-refractivity contribution in [1.82, 2.24) is 15.5 Å². The molecule has 0 radical (unpaired) electrons. The monoisotopic (exact) mass is 614 g/mol. The first-order valence-corrected chi connectivity index (χ1v) is 16.4. The first-order chi connectivity index (χ1) is 22.5. The van der Waals surface area contributed by atoms with Crippen LogP contribution in [0.1, 0.15) is 53.1 Å². The number of hydrogen-bond donors (Lipinski definition) is 2. The Bertz CT molecular complexity index is 1640. The summed E-state index contributed by atoms with van der Waals surface area (Å²) in [5, 5.41) is 6.37. The van der Waals surface area contributed by atoms with Gasteiger partial charge in [-0.05, 0) is 72.3 Å². The van der Waals surface area contributed by atoms with E-state index < -0.39 is 5.92 Å². The van der Waals surface area contributed by atoms with Gasteiger partial charge in [0.15, 0.2) is 0 Å². The Morgan fingerprint density at radius 2 is 1.52 bits per heavy atom. The SMILES string of the molecule is CNC(=O)c1cccc(-c2ccc([C@@H]3C[C@H]3NCCCCC3C(=O)N(Cc4ccccc4)CCN(c4ccccc4)C3=O)cc2)c1. The van der Waals surface area contributed by atoms with Crippen LogP contribution in [0, 0.1) is 5.92 Å². The highest BCUT2D eigenvalue weighted by atomic mass is 16.2. The van der Waals surface area contributed by atoms with Crippen LogP contribution in [0.4, 0.5) is 5.69 Å². The molecule has 3 atom stereocenters. The summed E-state index contributed by atoms with van der Waals surface area (Å²) >= 11 is 0. The molecule has 2 N–H and O–H groups in total. The van der Waals surface area contributed by atoms with E-state index in [1.165, 1.54) is 5.56 Å². The third-order valence-electron chi connectivity index (χ3n) is 9.19. The molecule has 0 bridgehead atoms. The van der Waals surface area contributed by atoms with Gasteiger partial charge in [-0.1, -0.05) is 91.3 Å². The minimum Gasteiger partial charge on any atom is -0.355 e. The van der Waals surface area contributed by atoms with Gasteiger partial charge in [0.25, 0.3) is 5.91 Å². The average molecular weight is 615 g/mol. The number of unbranched alkanes of at least 4 members (excludes halogenated alkanes) is 1. The molecular weight excluding hydrogens is 572 g/mol. The molecular formula is C39H42N4O3. The first-order valence-electron chi connectivity index (χ1n) is 16.4. The summed E-state index contributed by atoms with van der Waals surface area (Å²) in [6.45, 7) is 2.38. The van der Waals surface area contributed by atoms with Crippen LogP contribution in [0.15, 0.2) is 109 Å². The van der Waals surface area contributed by atoms with Crippen molar-refractivity contribution in [3.05, 3.63) is 126 Å². The zero-order chi connectivity index (χ0) is 31.9. The molecule has 4 aromatic rings. The highest BCUT2D eigenvalue weighted by Gasteiger charge is 2.39. The van der Waals surface area contributed by atoms with E-state index in [1.54, 1.807) is 11.9 Å². The number of amides is 3.